The van der Waals surface area contributed by atoms with Crippen molar-refractivity contribution >= 4 is 22.7 Å². The molecule has 0 atom stereocenters. The summed E-state index contributed by atoms with van der Waals surface area (Å²) in [6.07, 6.45) is 1.19. The minimum atomic E-state index is -0.519. The Morgan fingerprint density at radius 2 is 1.46 bits per heavy atom. The normalized spacial score (nSPS) is 10.7. The molecule has 2 heterocycles. The molecule has 0 fully saturated rings. The van der Waals surface area contributed by atoms with Crippen LogP contribution in [0.3, 0.4) is 0 Å². The van der Waals surface area contributed by atoms with Crippen LogP contribution in [-0.2, 0) is 0 Å². The third kappa shape index (κ3) is 7.28. The minimum absolute atomic E-state index is 0.0230. The third-order valence-electron chi connectivity index (χ3n) is 7.67. The van der Waals surface area contributed by atoms with E-state index in [0.717, 1.165) is 0 Å². The Labute approximate surface area is 291 Å². The first-order chi connectivity index (χ1) is 24.3. The Bertz CT molecular complexity index is 2130. The average Bonchev–Trinajstić information content (AvgIpc) is 3.15. The number of rotatable bonds is 15. The van der Waals surface area contributed by atoms with Crippen molar-refractivity contribution in [1.82, 2.24) is 9.97 Å². The second kappa shape index (κ2) is 16.1. The van der Waals surface area contributed by atoms with Gasteiger partial charge in [-0.2, -0.15) is 5.26 Å². The molecule has 0 bridgehead atoms. The fourth-order valence-electron chi connectivity index (χ4n) is 5.18. The number of benzene rings is 3. The van der Waals surface area contributed by atoms with Gasteiger partial charge in [0.15, 0.2) is 22.4 Å². The largest absolute Gasteiger partial charge is 0.497 e. The molecule has 0 radical (unpaired) electrons. The van der Waals surface area contributed by atoms with Crippen LogP contribution in [0.2, 0.25) is 0 Å². The van der Waals surface area contributed by atoms with Crippen LogP contribution in [0, 0.1) is 11.3 Å². The van der Waals surface area contributed by atoms with Gasteiger partial charge in [0.25, 0.3) is 5.56 Å². The molecule has 2 aromatic heterocycles. The van der Waals surface area contributed by atoms with Crippen LogP contribution >= 0.6 is 11.8 Å². The zero-order valence-electron chi connectivity index (χ0n) is 28.3. The number of nitrogens with zero attached hydrogens (tertiary/aromatic N) is 2. The predicted molar refractivity (Wildman–Crippen MR) is 188 cm³/mol. The quantitative estimate of drug-likeness (QED) is 0.0759. The Morgan fingerprint density at radius 1 is 0.780 bits per heavy atom. The van der Waals surface area contributed by atoms with E-state index in [2.05, 4.69) is 9.97 Å². The lowest BCUT2D eigenvalue weighted by molar-refractivity contribution is 0.301. The highest BCUT2D eigenvalue weighted by Gasteiger charge is 2.24. The number of nitriles is 1. The van der Waals surface area contributed by atoms with Crippen LogP contribution < -0.4 is 44.1 Å². The number of nitrogens with one attached hydrogen (secondary N) is 1. The van der Waals surface area contributed by atoms with Crippen molar-refractivity contribution in [3.8, 4) is 68.9 Å². The number of aromatic amines is 1. The van der Waals surface area contributed by atoms with Gasteiger partial charge in [0.1, 0.15) is 39.9 Å². The lowest BCUT2D eigenvalue weighted by Crippen LogP contribution is -2.15. The number of hydrogen-bond acceptors (Lipinski definition) is 13. The summed E-state index contributed by atoms with van der Waals surface area (Å²) in [6.45, 7) is 0.168. The minimum Gasteiger partial charge on any atom is -0.497 e. The van der Waals surface area contributed by atoms with Gasteiger partial charge in [0.2, 0.25) is 16.9 Å². The van der Waals surface area contributed by atoms with Gasteiger partial charge >= 0.3 is 0 Å². The first kappa shape index (κ1) is 35.5. The van der Waals surface area contributed by atoms with E-state index in [1.165, 1.54) is 47.3 Å². The van der Waals surface area contributed by atoms with Gasteiger partial charge in [-0.25, -0.2) is 4.98 Å². The maximum atomic E-state index is 14.0. The zero-order chi connectivity index (χ0) is 35.8. The number of ether oxygens (including phenoxy) is 7. The average molecular weight is 702 g/mol. The lowest BCUT2D eigenvalue weighted by atomic mass is 10.1. The summed E-state index contributed by atoms with van der Waals surface area (Å²) in [5.41, 5.74) is 0.575. The van der Waals surface area contributed by atoms with Gasteiger partial charge in [-0.05, 0) is 49.2 Å². The summed E-state index contributed by atoms with van der Waals surface area (Å²) in [5.74, 6) is 3.14. The van der Waals surface area contributed by atoms with E-state index >= 15 is 0 Å². The number of fused-ring (bicyclic) bond motifs is 1. The van der Waals surface area contributed by atoms with Crippen molar-refractivity contribution in [1.29, 1.82) is 5.26 Å². The highest BCUT2D eigenvalue weighted by molar-refractivity contribution is 7.99. The molecular weight excluding hydrogens is 666 g/mol. The number of H-pyrrole nitrogens is 1. The maximum Gasteiger partial charge on any atom is 0.270 e. The Kier molecular flexibility index (Phi) is 11.4. The fourth-order valence-corrected chi connectivity index (χ4v) is 6.05. The fraction of sp³-hybridized carbons (Fsp3) is 0.278. The van der Waals surface area contributed by atoms with Gasteiger partial charge in [-0.15, -0.1) is 0 Å². The molecule has 0 amide bonds. The molecule has 0 aliphatic carbocycles. The van der Waals surface area contributed by atoms with Gasteiger partial charge in [0.05, 0.1) is 55.0 Å². The number of unbranched alkanes of at least 4 members (excludes halogenated alkanes) is 1. The van der Waals surface area contributed by atoms with Gasteiger partial charge in [-0.3, -0.25) is 9.59 Å². The van der Waals surface area contributed by atoms with Crippen LogP contribution in [0.5, 0.6) is 40.2 Å². The highest BCUT2D eigenvalue weighted by Crippen LogP contribution is 2.44. The van der Waals surface area contributed by atoms with E-state index in [9.17, 15) is 14.9 Å². The van der Waals surface area contributed by atoms with Crippen molar-refractivity contribution in [3.05, 3.63) is 74.7 Å². The number of thioether (sulfide) groups is 1. The Hall–Kier alpha value is -5.81. The summed E-state index contributed by atoms with van der Waals surface area (Å²) < 4.78 is 45.2. The van der Waals surface area contributed by atoms with Crippen LogP contribution in [0.4, 0.5) is 0 Å². The Morgan fingerprint density at radius 3 is 2.06 bits per heavy atom. The smallest absolute Gasteiger partial charge is 0.270 e. The van der Waals surface area contributed by atoms with Crippen molar-refractivity contribution in [2.24, 2.45) is 0 Å². The number of methoxy groups -OCH3 is 6. The number of hydrogen-bond donors (Lipinski definition) is 1. The summed E-state index contributed by atoms with van der Waals surface area (Å²) in [4.78, 5) is 34.0. The molecule has 5 aromatic rings. The molecule has 0 saturated heterocycles. The van der Waals surface area contributed by atoms with E-state index in [4.69, 9.17) is 37.6 Å². The molecule has 14 heteroatoms. The molecule has 5 rings (SSSR count). The first-order valence-electron chi connectivity index (χ1n) is 15.3. The molecule has 0 aliphatic rings. The van der Waals surface area contributed by atoms with Gasteiger partial charge in [-0.1, -0.05) is 11.8 Å². The van der Waals surface area contributed by atoms with Crippen molar-refractivity contribution in [2.75, 3.05) is 55.0 Å². The summed E-state index contributed by atoms with van der Waals surface area (Å²) in [6, 6.07) is 15.4. The van der Waals surface area contributed by atoms with Crippen molar-refractivity contribution in [3.63, 3.8) is 0 Å². The summed E-state index contributed by atoms with van der Waals surface area (Å²) in [5, 5.41) is 10.2. The number of aromatic nitrogens is 2. The molecular formula is C36H35N3O10S. The lowest BCUT2D eigenvalue weighted by Gasteiger charge is -2.17. The second-order valence-electron chi connectivity index (χ2n) is 10.5. The van der Waals surface area contributed by atoms with E-state index in [0.29, 0.717) is 69.3 Å². The predicted octanol–water partition coefficient (Wildman–Crippen LogP) is 6.08. The monoisotopic (exact) mass is 701 g/mol. The highest BCUT2D eigenvalue weighted by atomic mass is 32.2. The van der Waals surface area contributed by atoms with Gasteiger partial charge < -0.3 is 42.6 Å². The van der Waals surface area contributed by atoms with Crippen molar-refractivity contribution < 1.29 is 37.6 Å². The molecule has 1 N–H and O–H groups in total. The molecule has 0 unspecified atom stereocenters. The molecule has 13 nitrogen and oxygen atoms in total. The Balaban J connectivity index is 1.39. The van der Waals surface area contributed by atoms with Gasteiger partial charge in [0, 0.05) is 29.0 Å². The van der Waals surface area contributed by atoms with E-state index in [1.807, 2.05) is 6.07 Å². The molecule has 50 heavy (non-hydrogen) atoms. The molecule has 0 spiro atoms. The zero-order valence-corrected chi connectivity index (χ0v) is 29.1. The molecule has 0 aliphatic heterocycles. The van der Waals surface area contributed by atoms with E-state index in [-0.39, 0.29) is 40.4 Å². The van der Waals surface area contributed by atoms with Crippen LogP contribution in [0.15, 0.2) is 67.7 Å². The maximum absolute atomic E-state index is 14.0. The summed E-state index contributed by atoms with van der Waals surface area (Å²) in [7, 11) is 8.99. The standard InChI is InChI=1S/C36H35N3O10S/c1-42-22-11-9-20(10-12-22)30-24(19-37)35(41)39-36(38-30)50-14-8-7-13-48-34-31(40)29-25(44-3)17-23(43-2)18-26(29)49-32(34)21-15-27(45-4)33(47-6)28(16-21)46-5/h9-12,15-18H,7-8,13-14H2,1-6H3,(H,38,39,41). The van der Waals surface area contributed by atoms with E-state index in [1.54, 1.807) is 55.6 Å². The van der Waals surface area contributed by atoms with Crippen LogP contribution in [0.25, 0.3) is 33.6 Å². The first-order valence-corrected chi connectivity index (χ1v) is 16.3. The third-order valence-corrected chi connectivity index (χ3v) is 8.63. The van der Waals surface area contributed by atoms with E-state index < -0.39 is 11.0 Å². The molecule has 260 valence electrons. The molecule has 0 saturated carbocycles. The summed E-state index contributed by atoms with van der Waals surface area (Å²) >= 11 is 1.34. The molecule has 3 aromatic carbocycles. The van der Waals surface area contributed by atoms with Crippen LogP contribution in [0.1, 0.15) is 18.4 Å². The second-order valence-corrected chi connectivity index (χ2v) is 11.6. The van der Waals surface area contributed by atoms with Crippen molar-refractivity contribution in [2.45, 2.75) is 18.0 Å². The topological polar surface area (TPSA) is 164 Å². The van der Waals surface area contributed by atoms with Crippen LogP contribution in [-0.4, -0.2) is 65.0 Å². The SMILES string of the molecule is COc1ccc(-c2nc(SCCCCOc3c(-c4cc(OC)c(OC)c(OC)c4)oc4cc(OC)cc(OC)c4c3=O)[nH]c(=O)c2C#N)cc1.